The Morgan fingerprint density at radius 2 is 1.29 bits per heavy atom. The van der Waals surface area contributed by atoms with Gasteiger partial charge in [0.25, 0.3) is 0 Å². The van der Waals surface area contributed by atoms with Crippen LogP contribution in [0.25, 0.3) is 72.0 Å². The highest BCUT2D eigenvalue weighted by Gasteiger charge is 2.21. The molecule has 55 heavy (non-hydrogen) atoms. The number of hydrogen-bond acceptors (Lipinski definition) is 3. The van der Waals surface area contributed by atoms with Crippen LogP contribution in [0.3, 0.4) is 0 Å². The Labute approximate surface area is 319 Å². The van der Waals surface area contributed by atoms with E-state index in [1.54, 1.807) is 0 Å². The van der Waals surface area contributed by atoms with E-state index in [1.807, 2.05) is 42.5 Å². The minimum atomic E-state index is 0.612. The van der Waals surface area contributed by atoms with Crippen LogP contribution in [0.4, 0.5) is 0 Å². The smallest absolute Gasteiger partial charge is 0.159 e. The van der Waals surface area contributed by atoms with Crippen molar-refractivity contribution in [2.75, 3.05) is 0 Å². The van der Waals surface area contributed by atoms with Crippen molar-refractivity contribution in [3.8, 4) is 22.3 Å². The molecule has 1 aliphatic carbocycles. The first-order valence-electron chi connectivity index (χ1n) is 18.7. The highest BCUT2D eigenvalue weighted by Crippen LogP contribution is 2.42. The fourth-order valence-electron chi connectivity index (χ4n) is 8.06. The maximum absolute atomic E-state index is 6.70. The summed E-state index contributed by atoms with van der Waals surface area (Å²) in [5.74, 6) is 1.50. The van der Waals surface area contributed by atoms with E-state index in [9.17, 15) is 0 Å². The summed E-state index contributed by atoms with van der Waals surface area (Å²) in [5, 5.41) is 5.76. The zero-order valence-corrected chi connectivity index (χ0v) is 30.4. The lowest BCUT2D eigenvalue weighted by Crippen LogP contribution is -2.06. The lowest BCUT2D eigenvalue weighted by Gasteiger charge is -2.14. The molecule has 7 aromatic carbocycles. The molecule has 0 saturated heterocycles. The van der Waals surface area contributed by atoms with Gasteiger partial charge in [0, 0.05) is 44.1 Å². The minimum Gasteiger partial charge on any atom is -0.456 e. The van der Waals surface area contributed by atoms with E-state index in [-0.39, 0.29) is 0 Å². The van der Waals surface area contributed by atoms with Crippen LogP contribution in [-0.4, -0.2) is 11.5 Å². The first-order chi connectivity index (χ1) is 27.1. The largest absolute Gasteiger partial charge is 0.456 e. The number of benzene rings is 7. The van der Waals surface area contributed by atoms with Crippen molar-refractivity contribution in [1.82, 2.24) is 0 Å². The van der Waals surface area contributed by atoms with E-state index in [0.717, 1.165) is 90.8 Å². The normalized spacial score (nSPS) is 13.4. The SMILES string of the molecule is C=C(N=C(N=C(C)c1ccccc1-c1cccc2oc3c(-c4ccc5ccccc5c4)cccc3c12)c1ccccc1)C1=Cc2oc3ccccc3c2CC1. The third-order valence-corrected chi connectivity index (χ3v) is 10.8. The average molecular weight is 709 g/mol. The molecule has 1 aliphatic rings. The zero-order chi connectivity index (χ0) is 36.9. The molecule has 0 bridgehead atoms. The van der Waals surface area contributed by atoms with E-state index >= 15 is 0 Å². The molecular formula is C51H36N2O2. The number of allylic oxidation sites excluding steroid dienone is 1. The highest BCUT2D eigenvalue weighted by molar-refractivity contribution is 6.19. The second-order valence-corrected chi connectivity index (χ2v) is 14.1. The Balaban J connectivity index is 1.06. The summed E-state index contributed by atoms with van der Waals surface area (Å²) in [4.78, 5) is 10.4. The van der Waals surface area contributed by atoms with E-state index < -0.39 is 0 Å². The van der Waals surface area contributed by atoms with Crippen LogP contribution >= 0.6 is 0 Å². The lowest BCUT2D eigenvalue weighted by atomic mass is 9.92. The molecule has 0 saturated carbocycles. The molecule has 0 atom stereocenters. The van der Waals surface area contributed by atoms with Gasteiger partial charge in [0.2, 0.25) is 0 Å². The number of para-hydroxylation sites is 2. The molecule has 0 spiro atoms. The summed E-state index contributed by atoms with van der Waals surface area (Å²) in [6.45, 7) is 6.50. The van der Waals surface area contributed by atoms with Crippen molar-refractivity contribution in [2.24, 2.45) is 9.98 Å². The number of nitrogens with zero attached hydrogens (tertiary/aromatic N) is 2. The van der Waals surface area contributed by atoms with Crippen molar-refractivity contribution in [3.63, 3.8) is 0 Å². The van der Waals surface area contributed by atoms with Gasteiger partial charge in [-0.3, -0.25) is 0 Å². The molecule has 2 aromatic heterocycles. The molecule has 9 aromatic rings. The van der Waals surface area contributed by atoms with E-state index in [1.165, 1.54) is 21.7 Å². The molecule has 0 unspecified atom stereocenters. The maximum atomic E-state index is 6.70. The Kier molecular flexibility index (Phi) is 7.96. The predicted molar refractivity (Wildman–Crippen MR) is 229 cm³/mol. The second-order valence-electron chi connectivity index (χ2n) is 14.1. The molecule has 0 fully saturated rings. The molecule has 0 aliphatic heterocycles. The molecular weight excluding hydrogens is 673 g/mol. The summed E-state index contributed by atoms with van der Waals surface area (Å²) in [5.41, 5.74) is 12.8. The topological polar surface area (TPSA) is 51.0 Å². The van der Waals surface area contributed by atoms with Crippen molar-refractivity contribution < 1.29 is 8.83 Å². The van der Waals surface area contributed by atoms with E-state index in [4.69, 9.17) is 18.8 Å². The minimum absolute atomic E-state index is 0.612. The van der Waals surface area contributed by atoms with Crippen LogP contribution in [0.2, 0.25) is 0 Å². The fourth-order valence-corrected chi connectivity index (χ4v) is 8.06. The Morgan fingerprint density at radius 1 is 0.582 bits per heavy atom. The fraction of sp³-hybridized carbons (Fsp3) is 0.0588. The first kappa shape index (κ1) is 32.6. The third kappa shape index (κ3) is 5.80. The van der Waals surface area contributed by atoms with Gasteiger partial charge in [-0.1, -0.05) is 146 Å². The van der Waals surface area contributed by atoms with Gasteiger partial charge in [0.1, 0.15) is 22.5 Å². The van der Waals surface area contributed by atoms with Crippen LogP contribution in [0.5, 0.6) is 0 Å². The van der Waals surface area contributed by atoms with Gasteiger partial charge < -0.3 is 8.83 Å². The Morgan fingerprint density at radius 3 is 2.20 bits per heavy atom. The summed E-state index contributed by atoms with van der Waals surface area (Å²) in [6, 6.07) is 54.7. The molecule has 2 heterocycles. The van der Waals surface area contributed by atoms with Gasteiger partial charge in [0.15, 0.2) is 5.84 Å². The predicted octanol–water partition coefficient (Wildman–Crippen LogP) is 13.6. The summed E-state index contributed by atoms with van der Waals surface area (Å²) >= 11 is 0. The molecule has 10 rings (SSSR count). The second kappa shape index (κ2) is 13.4. The first-order valence-corrected chi connectivity index (χ1v) is 18.7. The molecule has 4 nitrogen and oxygen atoms in total. The van der Waals surface area contributed by atoms with Gasteiger partial charge in [-0.25, -0.2) is 9.98 Å². The van der Waals surface area contributed by atoms with Gasteiger partial charge in [0.05, 0.1) is 5.70 Å². The van der Waals surface area contributed by atoms with Crippen LogP contribution in [0, 0.1) is 0 Å². The van der Waals surface area contributed by atoms with Crippen LogP contribution in [0.15, 0.2) is 194 Å². The van der Waals surface area contributed by atoms with Gasteiger partial charge in [-0.15, -0.1) is 0 Å². The molecule has 0 N–H and O–H groups in total. The van der Waals surface area contributed by atoms with E-state index in [2.05, 4.69) is 135 Å². The maximum Gasteiger partial charge on any atom is 0.159 e. The van der Waals surface area contributed by atoms with E-state index in [0.29, 0.717) is 11.5 Å². The van der Waals surface area contributed by atoms with Gasteiger partial charge in [-0.05, 0) is 77.1 Å². The third-order valence-electron chi connectivity index (χ3n) is 10.8. The number of furan rings is 2. The van der Waals surface area contributed by atoms with Gasteiger partial charge >= 0.3 is 0 Å². The summed E-state index contributed by atoms with van der Waals surface area (Å²) < 4.78 is 12.9. The van der Waals surface area contributed by atoms with Gasteiger partial charge in [-0.2, -0.15) is 0 Å². The molecule has 4 heteroatoms. The molecule has 0 amide bonds. The quantitative estimate of drug-likeness (QED) is 0.128. The van der Waals surface area contributed by atoms with Crippen LogP contribution in [0.1, 0.15) is 35.8 Å². The monoisotopic (exact) mass is 708 g/mol. The average Bonchev–Trinajstić information content (AvgIpc) is 3.82. The number of rotatable bonds is 6. The number of amidine groups is 1. The lowest BCUT2D eigenvalue weighted by molar-refractivity contribution is 0.594. The van der Waals surface area contributed by atoms with Crippen molar-refractivity contribution in [1.29, 1.82) is 0 Å². The number of hydrogen-bond donors (Lipinski definition) is 0. The standard InChI is InChI=1S/C51H36N2O2/c1-32(36-28-29-43-42-20-10-11-24-46(42)54-48(43)31-36)52-51(35-15-4-3-5-16-35)53-33(2)39-18-8-9-19-41(39)44-22-13-25-47-49(44)45-23-12-21-40(50(45)55-47)38-27-26-34-14-6-7-17-37(34)30-38/h3-27,30-31H,1,28-29H2,2H3. The number of aliphatic imine (C=N–C) groups is 2. The summed E-state index contributed by atoms with van der Waals surface area (Å²) in [6.07, 6.45) is 3.80. The van der Waals surface area contributed by atoms with Crippen molar-refractivity contribution in [2.45, 2.75) is 19.8 Å². The Bertz CT molecular complexity index is 3060. The number of fused-ring (bicyclic) bond motifs is 7. The molecule has 262 valence electrons. The van der Waals surface area contributed by atoms with Crippen molar-refractivity contribution >= 4 is 61.3 Å². The Hall–Kier alpha value is -7.04. The molecule has 0 radical (unpaired) electrons. The van der Waals surface area contributed by atoms with Crippen molar-refractivity contribution in [3.05, 3.63) is 198 Å². The highest BCUT2D eigenvalue weighted by atomic mass is 16.3. The zero-order valence-electron chi connectivity index (χ0n) is 30.4. The van der Waals surface area contributed by atoms with Crippen LogP contribution in [-0.2, 0) is 6.42 Å². The summed E-state index contributed by atoms with van der Waals surface area (Å²) in [7, 11) is 0. The number of aryl methyl sites for hydroxylation is 1. The van der Waals surface area contributed by atoms with Crippen LogP contribution < -0.4 is 0 Å².